The summed E-state index contributed by atoms with van der Waals surface area (Å²) in [7, 11) is 0. The molecule has 100 valence electrons. The Morgan fingerprint density at radius 1 is 1.05 bits per heavy atom. The van der Waals surface area contributed by atoms with E-state index in [9.17, 15) is 0 Å². The summed E-state index contributed by atoms with van der Waals surface area (Å²) in [5.74, 6) is 2.63. The van der Waals surface area contributed by atoms with Gasteiger partial charge in [0.2, 0.25) is 0 Å². The summed E-state index contributed by atoms with van der Waals surface area (Å²) in [6.45, 7) is 1.02. The van der Waals surface area contributed by atoms with Crippen molar-refractivity contribution in [3.63, 3.8) is 0 Å². The second-order valence-electron chi connectivity index (χ2n) is 4.94. The van der Waals surface area contributed by atoms with Gasteiger partial charge in [-0.1, -0.05) is 30.3 Å². The largest absolute Gasteiger partial charge is 0.309 e. The number of thioether (sulfide) groups is 1. The van der Waals surface area contributed by atoms with Crippen LogP contribution in [0, 0.1) is 0 Å². The first-order valence-corrected chi connectivity index (χ1v) is 8.89. The fourth-order valence-corrected chi connectivity index (χ4v) is 4.35. The van der Waals surface area contributed by atoms with Crippen molar-refractivity contribution in [3.8, 4) is 11.1 Å². The minimum Gasteiger partial charge on any atom is -0.309 e. The molecule has 0 saturated carbocycles. The summed E-state index contributed by atoms with van der Waals surface area (Å²) < 4.78 is 0. The highest BCUT2D eigenvalue weighted by Crippen LogP contribution is 2.25. The van der Waals surface area contributed by atoms with Crippen LogP contribution in [0.2, 0.25) is 0 Å². The standard InChI is InChI=1S/C16H19NS2/c1-2-4-13(5-3-1)14-10-16(19-12-14)11-17-15-6-8-18-9-7-15/h1-5,10,12,15,17H,6-9,11H2. The van der Waals surface area contributed by atoms with Crippen LogP contribution in [0.4, 0.5) is 0 Å². The normalized spacial score (nSPS) is 16.6. The highest BCUT2D eigenvalue weighted by atomic mass is 32.2. The van der Waals surface area contributed by atoms with E-state index in [1.54, 1.807) is 0 Å². The van der Waals surface area contributed by atoms with Crippen molar-refractivity contribution in [2.75, 3.05) is 11.5 Å². The van der Waals surface area contributed by atoms with Gasteiger partial charge >= 0.3 is 0 Å². The molecule has 0 atom stereocenters. The van der Waals surface area contributed by atoms with E-state index in [1.807, 2.05) is 11.3 Å². The van der Waals surface area contributed by atoms with Crippen molar-refractivity contribution in [2.24, 2.45) is 0 Å². The van der Waals surface area contributed by atoms with Gasteiger partial charge in [0.05, 0.1) is 0 Å². The Kier molecular flexibility index (Phi) is 4.59. The number of thiophene rings is 1. The van der Waals surface area contributed by atoms with Crippen molar-refractivity contribution < 1.29 is 0 Å². The molecule has 19 heavy (non-hydrogen) atoms. The lowest BCUT2D eigenvalue weighted by atomic mass is 10.1. The van der Waals surface area contributed by atoms with Crippen molar-refractivity contribution in [1.82, 2.24) is 5.32 Å². The molecule has 1 fully saturated rings. The second kappa shape index (κ2) is 6.60. The second-order valence-corrected chi connectivity index (χ2v) is 7.16. The zero-order chi connectivity index (χ0) is 12.9. The number of benzene rings is 1. The Labute approximate surface area is 123 Å². The van der Waals surface area contributed by atoms with Crippen LogP contribution in [0.1, 0.15) is 17.7 Å². The molecule has 1 aromatic heterocycles. The average molecular weight is 289 g/mol. The van der Waals surface area contributed by atoms with Gasteiger partial charge in [-0.2, -0.15) is 11.8 Å². The molecular formula is C16H19NS2. The fraction of sp³-hybridized carbons (Fsp3) is 0.375. The van der Waals surface area contributed by atoms with Gasteiger partial charge in [0.15, 0.2) is 0 Å². The number of hydrogen-bond acceptors (Lipinski definition) is 3. The van der Waals surface area contributed by atoms with E-state index in [1.165, 1.54) is 40.4 Å². The van der Waals surface area contributed by atoms with Crippen LogP contribution in [0.25, 0.3) is 11.1 Å². The Hall–Kier alpha value is -0.770. The molecule has 3 rings (SSSR count). The van der Waals surface area contributed by atoms with Crippen LogP contribution in [0.15, 0.2) is 41.8 Å². The topological polar surface area (TPSA) is 12.0 Å². The Morgan fingerprint density at radius 3 is 2.63 bits per heavy atom. The Bertz CT molecular complexity index is 500. The van der Waals surface area contributed by atoms with E-state index in [-0.39, 0.29) is 0 Å². The number of hydrogen-bond donors (Lipinski definition) is 1. The van der Waals surface area contributed by atoms with Crippen LogP contribution in [-0.4, -0.2) is 17.5 Å². The van der Waals surface area contributed by atoms with Gasteiger partial charge in [0.25, 0.3) is 0 Å². The maximum atomic E-state index is 3.70. The van der Waals surface area contributed by atoms with E-state index < -0.39 is 0 Å². The smallest absolute Gasteiger partial charge is 0.0302 e. The van der Waals surface area contributed by atoms with Gasteiger partial charge in [0.1, 0.15) is 0 Å². The molecule has 1 aliphatic heterocycles. The van der Waals surface area contributed by atoms with Gasteiger partial charge < -0.3 is 5.32 Å². The first-order chi connectivity index (χ1) is 9.42. The quantitative estimate of drug-likeness (QED) is 0.895. The van der Waals surface area contributed by atoms with E-state index in [0.717, 1.165) is 12.6 Å². The highest BCUT2D eigenvalue weighted by Gasteiger charge is 2.13. The summed E-state index contributed by atoms with van der Waals surface area (Å²) in [6, 6.07) is 13.7. The lowest BCUT2D eigenvalue weighted by Crippen LogP contribution is -2.31. The first-order valence-electron chi connectivity index (χ1n) is 6.86. The summed E-state index contributed by atoms with van der Waals surface area (Å²) in [5, 5.41) is 5.97. The average Bonchev–Trinajstić information content (AvgIpc) is 2.96. The molecule has 0 aliphatic carbocycles. The summed E-state index contributed by atoms with van der Waals surface area (Å²) >= 11 is 3.95. The van der Waals surface area contributed by atoms with Gasteiger partial charge in [0, 0.05) is 17.5 Å². The number of rotatable bonds is 4. The molecule has 1 saturated heterocycles. The van der Waals surface area contributed by atoms with Crippen LogP contribution >= 0.6 is 23.1 Å². The third kappa shape index (κ3) is 3.62. The maximum absolute atomic E-state index is 3.70. The SMILES string of the molecule is c1ccc(-c2csc(CNC3CCSCC3)c2)cc1. The molecule has 1 aliphatic rings. The van der Waals surface area contributed by atoms with Gasteiger partial charge in [-0.15, -0.1) is 11.3 Å². The summed E-state index contributed by atoms with van der Waals surface area (Å²) in [5.41, 5.74) is 2.67. The van der Waals surface area contributed by atoms with Crippen LogP contribution in [0.5, 0.6) is 0 Å². The molecule has 0 bridgehead atoms. The third-order valence-electron chi connectivity index (χ3n) is 3.55. The van der Waals surface area contributed by atoms with Crippen molar-refractivity contribution in [3.05, 3.63) is 46.7 Å². The van der Waals surface area contributed by atoms with Gasteiger partial charge in [-0.25, -0.2) is 0 Å². The zero-order valence-corrected chi connectivity index (χ0v) is 12.6. The zero-order valence-electron chi connectivity index (χ0n) is 11.0. The molecule has 1 N–H and O–H groups in total. The van der Waals surface area contributed by atoms with Crippen LogP contribution < -0.4 is 5.32 Å². The van der Waals surface area contributed by atoms with Gasteiger partial charge in [-0.05, 0) is 46.9 Å². The third-order valence-corrected chi connectivity index (χ3v) is 5.53. The van der Waals surface area contributed by atoms with Gasteiger partial charge in [-0.3, -0.25) is 0 Å². The molecule has 0 unspecified atom stereocenters. The monoisotopic (exact) mass is 289 g/mol. The lowest BCUT2D eigenvalue weighted by Gasteiger charge is -2.22. The molecule has 3 heteroatoms. The Balaban J connectivity index is 1.59. The van der Waals surface area contributed by atoms with Crippen molar-refractivity contribution in [2.45, 2.75) is 25.4 Å². The first kappa shape index (κ1) is 13.2. The van der Waals surface area contributed by atoms with Crippen molar-refractivity contribution >= 4 is 23.1 Å². The molecule has 0 radical (unpaired) electrons. The van der Waals surface area contributed by atoms with Crippen LogP contribution in [-0.2, 0) is 6.54 Å². The highest BCUT2D eigenvalue weighted by molar-refractivity contribution is 7.99. The Morgan fingerprint density at radius 2 is 1.84 bits per heavy atom. The molecule has 0 spiro atoms. The van der Waals surface area contributed by atoms with E-state index in [4.69, 9.17) is 0 Å². The fourth-order valence-electron chi connectivity index (χ4n) is 2.40. The van der Waals surface area contributed by atoms with E-state index >= 15 is 0 Å². The van der Waals surface area contributed by atoms with E-state index in [2.05, 4.69) is 58.9 Å². The predicted octanol–water partition coefficient (Wildman–Crippen LogP) is 4.40. The molecular weight excluding hydrogens is 270 g/mol. The molecule has 1 nitrogen and oxygen atoms in total. The minimum atomic E-state index is 0.725. The van der Waals surface area contributed by atoms with E-state index in [0.29, 0.717) is 0 Å². The minimum absolute atomic E-state index is 0.725. The maximum Gasteiger partial charge on any atom is 0.0302 e. The van der Waals surface area contributed by atoms with Crippen LogP contribution in [0.3, 0.4) is 0 Å². The summed E-state index contributed by atoms with van der Waals surface area (Å²) in [4.78, 5) is 1.44. The lowest BCUT2D eigenvalue weighted by molar-refractivity contribution is 0.484. The molecule has 2 aromatic rings. The molecule has 0 amide bonds. The van der Waals surface area contributed by atoms with Crippen molar-refractivity contribution in [1.29, 1.82) is 0 Å². The predicted molar refractivity (Wildman–Crippen MR) is 86.9 cm³/mol. The summed E-state index contributed by atoms with van der Waals surface area (Å²) in [6.07, 6.45) is 2.64. The number of nitrogens with one attached hydrogen (secondary N) is 1. The molecule has 1 aromatic carbocycles. The molecule has 2 heterocycles.